The van der Waals surface area contributed by atoms with Gasteiger partial charge in [-0.2, -0.15) is 5.10 Å². The van der Waals surface area contributed by atoms with Crippen LogP contribution in [0.15, 0.2) is 79.3 Å². The normalized spacial score (nSPS) is 14.2. The molecule has 0 amide bonds. The lowest BCUT2D eigenvalue weighted by atomic mass is 10.2. The highest BCUT2D eigenvalue weighted by molar-refractivity contribution is 6.36. The van der Waals surface area contributed by atoms with E-state index < -0.39 is 0 Å². The minimum atomic E-state index is -0.119. The van der Waals surface area contributed by atoms with Crippen LogP contribution in [0.25, 0.3) is 33.3 Å². The molecule has 9 heteroatoms. The zero-order valence-electron chi connectivity index (χ0n) is 21.2. The molecule has 194 valence electrons. The molecule has 0 bridgehead atoms. The van der Waals surface area contributed by atoms with Gasteiger partial charge in [0.2, 0.25) is 0 Å². The van der Waals surface area contributed by atoms with E-state index in [1.165, 1.54) is 0 Å². The van der Waals surface area contributed by atoms with Crippen LogP contribution in [0.1, 0.15) is 30.5 Å². The Bertz CT molecular complexity index is 1790. The van der Waals surface area contributed by atoms with Crippen molar-refractivity contribution in [3.63, 3.8) is 0 Å². The minimum absolute atomic E-state index is 0.119. The first-order valence-corrected chi connectivity index (χ1v) is 13.3. The maximum Gasteiger partial charge on any atom is 0.153 e. The number of imidazole rings is 1. The lowest BCUT2D eigenvalue weighted by Crippen LogP contribution is -2.15. The summed E-state index contributed by atoms with van der Waals surface area (Å²) in [6.45, 7) is 2.46. The Kier molecular flexibility index (Phi) is 5.98. The van der Waals surface area contributed by atoms with Gasteiger partial charge < -0.3 is 14.5 Å². The van der Waals surface area contributed by atoms with Crippen LogP contribution < -0.4 is 4.74 Å². The molecule has 1 aliphatic carbocycles. The molecule has 7 rings (SSSR count). The molecule has 39 heavy (non-hydrogen) atoms. The van der Waals surface area contributed by atoms with Gasteiger partial charge in [-0.25, -0.2) is 14.6 Å². The van der Waals surface area contributed by atoms with E-state index in [0.717, 1.165) is 40.8 Å². The second kappa shape index (κ2) is 9.80. The molecular formula is C30H25ClN6O2. The quantitative estimate of drug-likeness (QED) is 0.220. The summed E-state index contributed by atoms with van der Waals surface area (Å²) in [7, 11) is 0. The number of ether oxygens (including phenoxy) is 2. The highest BCUT2D eigenvalue weighted by atomic mass is 35.5. The Balaban J connectivity index is 1.15. The first-order valence-electron chi connectivity index (χ1n) is 12.9. The molecule has 0 saturated heterocycles. The van der Waals surface area contributed by atoms with E-state index in [9.17, 15) is 0 Å². The number of aromatic amines is 1. The van der Waals surface area contributed by atoms with E-state index in [0.29, 0.717) is 45.8 Å². The van der Waals surface area contributed by atoms with Crippen molar-refractivity contribution in [3.05, 3.63) is 95.7 Å². The third-order valence-corrected chi connectivity index (χ3v) is 7.23. The van der Waals surface area contributed by atoms with E-state index >= 15 is 0 Å². The first kappa shape index (κ1) is 23.8. The summed E-state index contributed by atoms with van der Waals surface area (Å²) < 4.78 is 14.3. The van der Waals surface area contributed by atoms with Crippen molar-refractivity contribution in [2.24, 2.45) is 5.92 Å². The van der Waals surface area contributed by atoms with E-state index in [4.69, 9.17) is 26.1 Å². The molecule has 3 heterocycles. The third-order valence-electron chi connectivity index (χ3n) is 6.86. The number of nitrogens with one attached hydrogen (secondary N) is 1. The molecule has 1 fully saturated rings. The van der Waals surface area contributed by atoms with Gasteiger partial charge in [-0.05, 0) is 49.6 Å². The van der Waals surface area contributed by atoms with E-state index in [2.05, 4.69) is 32.2 Å². The zero-order valence-corrected chi connectivity index (χ0v) is 22.0. The average molecular weight is 537 g/mol. The highest BCUT2D eigenvalue weighted by Gasteiger charge is 2.34. The molecule has 6 aromatic rings. The number of benzene rings is 3. The van der Waals surface area contributed by atoms with Crippen molar-refractivity contribution < 1.29 is 9.47 Å². The molecule has 1 aliphatic rings. The smallest absolute Gasteiger partial charge is 0.153 e. The molecule has 3 aromatic carbocycles. The third kappa shape index (κ3) is 4.84. The fraction of sp³-hybridized carbons (Fsp3) is 0.200. The summed E-state index contributed by atoms with van der Waals surface area (Å²) in [5, 5.41) is 5.03. The molecule has 0 spiro atoms. The van der Waals surface area contributed by atoms with E-state index in [1.54, 1.807) is 12.4 Å². The highest BCUT2D eigenvalue weighted by Crippen LogP contribution is 2.41. The SMILES string of the molecule is Cc1nc2ccc(Oc3ccc4ncc(-c5cnn(C(OCc6ccccc6)C6CC6)c5)nc4c3Cl)cc2[nH]1. The largest absolute Gasteiger partial charge is 0.456 e. The first-order chi connectivity index (χ1) is 19.1. The summed E-state index contributed by atoms with van der Waals surface area (Å²) in [5.74, 6) is 2.47. The molecule has 1 N–H and O–H groups in total. The zero-order chi connectivity index (χ0) is 26.3. The van der Waals surface area contributed by atoms with Gasteiger partial charge in [0, 0.05) is 23.7 Å². The summed E-state index contributed by atoms with van der Waals surface area (Å²) in [6.07, 6.45) is 7.66. The van der Waals surface area contributed by atoms with Gasteiger partial charge in [0.1, 0.15) is 27.9 Å². The minimum Gasteiger partial charge on any atom is -0.456 e. The summed E-state index contributed by atoms with van der Waals surface area (Å²) >= 11 is 6.79. The van der Waals surface area contributed by atoms with Crippen LogP contribution >= 0.6 is 11.6 Å². The van der Waals surface area contributed by atoms with Crippen molar-refractivity contribution in [2.75, 3.05) is 0 Å². The van der Waals surface area contributed by atoms with Crippen molar-refractivity contribution >= 4 is 33.7 Å². The van der Waals surface area contributed by atoms with Crippen molar-refractivity contribution in [1.82, 2.24) is 29.7 Å². The number of aryl methyl sites for hydroxylation is 1. The van der Waals surface area contributed by atoms with Crippen molar-refractivity contribution in [1.29, 1.82) is 0 Å². The Morgan fingerprint density at radius 2 is 1.87 bits per heavy atom. The molecule has 3 aromatic heterocycles. The Morgan fingerprint density at radius 3 is 2.72 bits per heavy atom. The Labute approximate surface area is 229 Å². The number of rotatable bonds is 8. The molecule has 1 saturated carbocycles. The van der Waals surface area contributed by atoms with Gasteiger partial charge in [0.15, 0.2) is 6.23 Å². The second-order valence-electron chi connectivity index (χ2n) is 9.84. The lowest BCUT2D eigenvalue weighted by Gasteiger charge is -2.18. The summed E-state index contributed by atoms with van der Waals surface area (Å²) in [4.78, 5) is 17.1. The molecule has 8 nitrogen and oxygen atoms in total. The number of nitrogens with zero attached hydrogens (tertiary/aromatic N) is 5. The summed E-state index contributed by atoms with van der Waals surface area (Å²) in [6, 6.07) is 19.6. The molecule has 0 radical (unpaired) electrons. The number of fused-ring (bicyclic) bond motifs is 2. The molecular weight excluding hydrogens is 512 g/mol. The van der Waals surface area contributed by atoms with Gasteiger partial charge in [-0.15, -0.1) is 0 Å². The van der Waals surface area contributed by atoms with Crippen LogP contribution in [-0.4, -0.2) is 29.7 Å². The number of aromatic nitrogens is 6. The fourth-order valence-electron chi connectivity index (χ4n) is 4.73. The van der Waals surface area contributed by atoms with Crippen LogP contribution in [-0.2, 0) is 11.3 Å². The number of H-pyrrole nitrogens is 1. The number of hydrogen-bond acceptors (Lipinski definition) is 6. The average Bonchev–Trinajstić information content (AvgIpc) is 3.54. The van der Waals surface area contributed by atoms with Gasteiger partial charge in [-0.3, -0.25) is 4.98 Å². The van der Waals surface area contributed by atoms with Gasteiger partial charge in [0.25, 0.3) is 0 Å². The lowest BCUT2D eigenvalue weighted by molar-refractivity contribution is -0.0330. The van der Waals surface area contributed by atoms with Crippen molar-refractivity contribution in [3.8, 4) is 22.8 Å². The van der Waals surface area contributed by atoms with Gasteiger partial charge in [0.05, 0.1) is 41.2 Å². The standard InChI is InChI=1S/C30H25ClN6O2/c1-18-34-23-10-9-22(13-25(23)35-18)39-27-12-11-24-29(28(27)31)36-26(15-32-24)21-14-33-37(16-21)30(20-7-8-20)38-17-19-5-3-2-4-6-19/h2-6,9-16,20,30H,7-8,17H2,1H3,(H,34,35). The predicted molar refractivity (Wildman–Crippen MR) is 150 cm³/mol. The molecule has 0 aliphatic heterocycles. The number of halogens is 1. The maximum absolute atomic E-state index is 6.79. The monoisotopic (exact) mass is 536 g/mol. The van der Waals surface area contributed by atoms with Crippen LogP contribution in [0, 0.1) is 12.8 Å². The fourth-order valence-corrected chi connectivity index (χ4v) is 4.97. The maximum atomic E-state index is 6.79. The topological polar surface area (TPSA) is 90.7 Å². The van der Waals surface area contributed by atoms with Crippen LogP contribution in [0.2, 0.25) is 5.02 Å². The molecule has 1 unspecified atom stereocenters. The number of hydrogen-bond donors (Lipinski definition) is 1. The van der Waals surface area contributed by atoms with Crippen LogP contribution in [0.4, 0.5) is 0 Å². The van der Waals surface area contributed by atoms with Gasteiger partial charge in [-0.1, -0.05) is 41.9 Å². The van der Waals surface area contributed by atoms with Crippen LogP contribution in [0.3, 0.4) is 0 Å². The predicted octanol–water partition coefficient (Wildman–Crippen LogP) is 7.25. The Morgan fingerprint density at radius 1 is 1.03 bits per heavy atom. The second-order valence-corrected chi connectivity index (χ2v) is 10.2. The van der Waals surface area contributed by atoms with Gasteiger partial charge >= 0.3 is 0 Å². The van der Waals surface area contributed by atoms with E-state index in [1.807, 2.05) is 66.3 Å². The molecule has 1 atom stereocenters. The van der Waals surface area contributed by atoms with Crippen LogP contribution in [0.5, 0.6) is 11.5 Å². The Hall–Kier alpha value is -4.27. The summed E-state index contributed by atoms with van der Waals surface area (Å²) in [5.41, 5.74) is 5.71. The van der Waals surface area contributed by atoms with Crippen molar-refractivity contribution in [2.45, 2.75) is 32.6 Å². The van der Waals surface area contributed by atoms with E-state index in [-0.39, 0.29) is 6.23 Å².